The second kappa shape index (κ2) is 7.56. The number of carbonyl (C=O) groups excluding carboxylic acids is 1. The van der Waals surface area contributed by atoms with Gasteiger partial charge in [0.15, 0.2) is 0 Å². The van der Waals surface area contributed by atoms with Crippen molar-refractivity contribution < 1.29 is 22.7 Å². The second-order valence-electron chi connectivity index (χ2n) is 7.11. The van der Waals surface area contributed by atoms with Gasteiger partial charge < -0.3 is 10.1 Å². The molecule has 2 aliphatic rings. The van der Waals surface area contributed by atoms with Crippen LogP contribution in [0.5, 0.6) is 0 Å². The van der Waals surface area contributed by atoms with Crippen molar-refractivity contribution in [3.05, 3.63) is 47.8 Å². The number of benzene rings is 1. The first-order chi connectivity index (χ1) is 13.4. The summed E-state index contributed by atoms with van der Waals surface area (Å²) < 4.78 is 45.8. The molecule has 2 aromatic rings. The SMILES string of the molecule is O=C(NCC1CN(C2CC2)CCO1)c1cccc(-n2nccc2C(F)(F)F)c1. The van der Waals surface area contributed by atoms with E-state index in [0.717, 1.165) is 30.0 Å². The van der Waals surface area contributed by atoms with Crippen LogP contribution in [-0.4, -0.2) is 59.0 Å². The van der Waals surface area contributed by atoms with Gasteiger partial charge in [-0.1, -0.05) is 6.07 Å². The molecule has 1 saturated carbocycles. The lowest BCUT2D eigenvalue weighted by Crippen LogP contribution is -2.48. The van der Waals surface area contributed by atoms with Gasteiger partial charge in [0.05, 0.1) is 24.6 Å². The van der Waals surface area contributed by atoms with Gasteiger partial charge in [-0.15, -0.1) is 0 Å². The molecule has 1 aliphatic carbocycles. The summed E-state index contributed by atoms with van der Waals surface area (Å²) >= 11 is 0. The molecule has 0 bridgehead atoms. The summed E-state index contributed by atoms with van der Waals surface area (Å²) in [4.78, 5) is 14.9. The normalized spacial score (nSPS) is 20.9. The molecule has 1 saturated heterocycles. The number of aromatic nitrogens is 2. The van der Waals surface area contributed by atoms with Crippen LogP contribution in [0.25, 0.3) is 5.69 Å². The average molecular weight is 394 g/mol. The molecule has 28 heavy (non-hydrogen) atoms. The highest BCUT2D eigenvalue weighted by Gasteiger charge is 2.35. The molecule has 1 aliphatic heterocycles. The van der Waals surface area contributed by atoms with Crippen LogP contribution in [-0.2, 0) is 10.9 Å². The molecule has 6 nitrogen and oxygen atoms in total. The summed E-state index contributed by atoms with van der Waals surface area (Å²) in [6.07, 6.45) is -1.08. The van der Waals surface area contributed by atoms with Crippen molar-refractivity contribution in [1.82, 2.24) is 20.0 Å². The van der Waals surface area contributed by atoms with E-state index in [1.54, 1.807) is 6.07 Å². The maximum atomic E-state index is 13.1. The minimum absolute atomic E-state index is 0.0792. The molecule has 0 radical (unpaired) electrons. The fourth-order valence-corrected chi connectivity index (χ4v) is 3.45. The molecule has 150 valence electrons. The van der Waals surface area contributed by atoms with Crippen LogP contribution >= 0.6 is 0 Å². The molecule has 9 heteroatoms. The molecule has 2 heterocycles. The van der Waals surface area contributed by atoms with Crippen molar-refractivity contribution in [2.45, 2.75) is 31.2 Å². The van der Waals surface area contributed by atoms with E-state index in [2.05, 4.69) is 15.3 Å². The summed E-state index contributed by atoms with van der Waals surface area (Å²) in [6, 6.07) is 7.53. The Morgan fingerprint density at radius 3 is 2.86 bits per heavy atom. The highest BCUT2D eigenvalue weighted by atomic mass is 19.4. The molecule has 1 atom stereocenters. The van der Waals surface area contributed by atoms with E-state index < -0.39 is 11.9 Å². The van der Waals surface area contributed by atoms with Crippen LogP contribution in [0.3, 0.4) is 0 Å². The maximum absolute atomic E-state index is 13.1. The Balaban J connectivity index is 1.41. The third kappa shape index (κ3) is 4.20. The highest BCUT2D eigenvalue weighted by molar-refractivity contribution is 5.94. The number of amides is 1. The fourth-order valence-electron chi connectivity index (χ4n) is 3.45. The number of rotatable bonds is 5. The van der Waals surface area contributed by atoms with Crippen LogP contribution in [0.15, 0.2) is 36.5 Å². The summed E-state index contributed by atoms with van der Waals surface area (Å²) in [5.41, 5.74) is -0.435. The van der Waals surface area contributed by atoms with Gasteiger partial charge in [0.25, 0.3) is 5.91 Å². The first-order valence-corrected chi connectivity index (χ1v) is 9.27. The van der Waals surface area contributed by atoms with Gasteiger partial charge in [-0.2, -0.15) is 18.3 Å². The van der Waals surface area contributed by atoms with E-state index in [1.807, 2.05) is 0 Å². The first kappa shape index (κ1) is 18.9. The molecule has 1 unspecified atom stereocenters. The largest absolute Gasteiger partial charge is 0.433 e. The van der Waals surface area contributed by atoms with Crippen molar-refractivity contribution in [2.75, 3.05) is 26.2 Å². The third-order valence-electron chi connectivity index (χ3n) is 5.01. The molecule has 2 fully saturated rings. The van der Waals surface area contributed by atoms with Crippen molar-refractivity contribution in [2.24, 2.45) is 0 Å². The average Bonchev–Trinajstić information content (AvgIpc) is 3.41. The number of hydrogen-bond donors (Lipinski definition) is 1. The van der Waals surface area contributed by atoms with E-state index in [0.29, 0.717) is 19.2 Å². The third-order valence-corrected chi connectivity index (χ3v) is 5.01. The minimum atomic E-state index is -4.53. The quantitative estimate of drug-likeness (QED) is 0.847. The van der Waals surface area contributed by atoms with Crippen LogP contribution in [0, 0.1) is 0 Å². The zero-order chi connectivity index (χ0) is 19.7. The highest BCUT2D eigenvalue weighted by Crippen LogP contribution is 2.30. The van der Waals surface area contributed by atoms with Gasteiger partial charge in [0.2, 0.25) is 0 Å². The molecular formula is C19H21F3N4O2. The van der Waals surface area contributed by atoms with E-state index in [4.69, 9.17) is 4.74 Å². The molecule has 1 N–H and O–H groups in total. The Kier molecular flexibility index (Phi) is 5.11. The molecule has 4 rings (SSSR count). The monoisotopic (exact) mass is 394 g/mol. The first-order valence-electron chi connectivity index (χ1n) is 9.27. The van der Waals surface area contributed by atoms with E-state index in [9.17, 15) is 18.0 Å². The number of hydrogen-bond acceptors (Lipinski definition) is 4. The number of carbonyl (C=O) groups is 1. The van der Waals surface area contributed by atoms with Gasteiger partial charge in [-0.05, 0) is 37.1 Å². The van der Waals surface area contributed by atoms with Gasteiger partial charge in [0, 0.05) is 31.2 Å². The minimum Gasteiger partial charge on any atom is -0.374 e. The molecular weight excluding hydrogens is 373 g/mol. The van der Waals surface area contributed by atoms with E-state index in [-0.39, 0.29) is 23.3 Å². The van der Waals surface area contributed by atoms with Crippen molar-refractivity contribution >= 4 is 5.91 Å². The Bertz CT molecular complexity index is 848. The smallest absolute Gasteiger partial charge is 0.374 e. The summed E-state index contributed by atoms with van der Waals surface area (Å²) in [6.45, 7) is 2.71. The number of nitrogens with one attached hydrogen (secondary N) is 1. The molecule has 1 aromatic heterocycles. The topological polar surface area (TPSA) is 59.4 Å². The zero-order valence-electron chi connectivity index (χ0n) is 15.2. The summed E-state index contributed by atoms with van der Waals surface area (Å²) in [5, 5.41) is 6.57. The lowest BCUT2D eigenvalue weighted by atomic mass is 10.1. The Morgan fingerprint density at radius 1 is 1.29 bits per heavy atom. The van der Waals surface area contributed by atoms with E-state index in [1.165, 1.54) is 31.0 Å². The predicted octanol–water partition coefficient (Wildman–Crippen LogP) is 2.48. The predicted molar refractivity (Wildman–Crippen MR) is 95.2 cm³/mol. The Hall–Kier alpha value is -2.39. The second-order valence-corrected chi connectivity index (χ2v) is 7.11. The number of nitrogens with zero attached hydrogens (tertiary/aromatic N) is 3. The van der Waals surface area contributed by atoms with Crippen LogP contribution < -0.4 is 5.32 Å². The van der Waals surface area contributed by atoms with Crippen LogP contribution in [0.1, 0.15) is 28.9 Å². The van der Waals surface area contributed by atoms with Crippen molar-refractivity contribution in [1.29, 1.82) is 0 Å². The molecule has 1 aromatic carbocycles. The van der Waals surface area contributed by atoms with Gasteiger partial charge in [-0.25, -0.2) is 4.68 Å². The zero-order valence-corrected chi connectivity index (χ0v) is 15.2. The molecule has 0 spiro atoms. The van der Waals surface area contributed by atoms with Crippen LogP contribution in [0.2, 0.25) is 0 Å². The Morgan fingerprint density at radius 2 is 2.11 bits per heavy atom. The summed E-state index contributed by atoms with van der Waals surface area (Å²) in [7, 11) is 0. The lowest BCUT2D eigenvalue weighted by Gasteiger charge is -2.33. The van der Waals surface area contributed by atoms with Crippen LogP contribution in [0.4, 0.5) is 13.2 Å². The fraction of sp³-hybridized carbons (Fsp3) is 0.474. The van der Waals surface area contributed by atoms with E-state index >= 15 is 0 Å². The number of halogens is 3. The van der Waals surface area contributed by atoms with Gasteiger partial charge >= 0.3 is 6.18 Å². The van der Waals surface area contributed by atoms with Crippen molar-refractivity contribution in [3.63, 3.8) is 0 Å². The van der Waals surface area contributed by atoms with Crippen molar-refractivity contribution in [3.8, 4) is 5.69 Å². The number of alkyl halides is 3. The Labute approximate surface area is 160 Å². The lowest BCUT2D eigenvalue weighted by molar-refractivity contribution is -0.142. The summed E-state index contributed by atoms with van der Waals surface area (Å²) in [5.74, 6) is -0.352. The number of ether oxygens (including phenoxy) is 1. The molecule has 1 amide bonds. The standard InChI is InChI=1S/C19H21F3N4O2/c20-19(21,22)17-6-7-24-26(17)15-3-1-2-13(10-15)18(27)23-11-16-12-25(8-9-28-16)14-4-5-14/h1-3,6-7,10,14,16H,4-5,8-9,11-12H2,(H,23,27). The number of morpholine rings is 1. The van der Waals surface area contributed by atoms with Gasteiger partial charge in [-0.3, -0.25) is 9.69 Å². The maximum Gasteiger partial charge on any atom is 0.433 e. The van der Waals surface area contributed by atoms with Gasteiger partial charge in [0.1, 0.15) is 5.69 Å².